The van der Waals surface area contributed by atoms with Crippen molar-refractivity contribution >= 4 is 11.7 Å². The number of para-hydroxylation sites is 1. The van der Waals surface area contributed by atoms with E-state index in [-0.39, 0.29) is 23.2 Å². The van der Waals surface area contributed by atoms with Crippen LogP contribution in [0.2, 0.25) is 0 Å². The lowest BCUT2D eigenvalue weighted by molar-refractivity contribution is 0.0697. The molecule has 0 bridgehead atoms. The summed E-state index contributed by atoms with van der Waals surface area (Å²) >= 11 is 0. The van der Waals surface area contributed by atoms with Gasteiger partial charge in [-0.3, -0.25) is 0 Å². The minimum atomic E-state index is -1.13. The van der Waals surface area contributed by atoms with Crippen LogP contribution in [-0.2, 0) is 4.74 Å². The van der Waals surface area contributed by atoms with Gasteiger partial charge in [-0.2, -0.15) is 0 Å². The first-order chi connectivity index (χ1) is 8.59. The summed E-state index contributed by atoms with van der Waals surface area (Å²) in [6.07, 6.45) is 0.908. The zero-order valence-corrected chi connectivity index (χ0v) is 10.1. The molecule has 0 radical (unpaired) electrons. The molecule has 0 saturated carbocycles. The van der Waals surface area contributed by atoms with Crippen molar-refractivity contribution in [1.29, 1.82) is 0 Å². The number of anilines is 1. The first kappa shape index (κ1) is 12.8. The van der Waals surface area contributed by atoms with Gasteiger partial charge in [-0.05, 0) is 25.5 Å². The lowest BCUT2D eigenvalue weighted by Crippen LogP contribution is -2.27. The molecule has 1 fully saturated rings. The van der Waals surface area contributed by atoms with E-state index in [1.807, 2.05) is 6.92 Å². The molecule has 0 amide bonds. The molecule has 2 rings (SSSR count). The number of nitrogens with one attached hydrogen (secondary N) is 1. The number of carboxylic acid groups (broad SMARTS) is 1. The Morgan fingerprint density at radius 3 is 3.00 bits per heavy atom. The maximum atomic E-state index is 13.7. The topological polar surface area (TPSA) is 58.6 Å². The van der Waals surface area contributed by atoms with E-state index in [1.54, 1.807) is 0 Å². The molecule has 0 aromatic heterocycles. The number of aromatic carboxylic acids is 1. The number of halogens is 1. The van der Waals surface area contributed by atoms with E-state index in [0.29, 0.717) is 13.2 Å². The number of carboxylic acids is 1. The fourth-order valence-electron chi connectivity index (χ4n) is 2.14. The molecule has 98 valence electrons. The standard InChI is InChI=1S/C13H16FNO3/c1-8(9-5-6-18-7-9)15-12-10(13(16)17)3-2-4-11(12)14/h2-4,8-9,15H,5-7H2,1H3,(H,16,17). The Bertz CT molecular complexity index is 444. The van der Waals surface area contributed by atoms with Crippen molar-refractivity contribution in [1.82, 2.24) is 0 Å². The highest BCUT2D eigenvalue weighted by Crippen LogP contribution is 2.25. The Balaban J connectivity index is 2.19. The number of hydrogen-bond acceptors (Lipinski definition) is 3. The fourth-order valence-corrected chi connectivity index (χ4v) is 2.14. The molecule has 4 nitrogen and oxygen atoms in total. The molecule has 1 aromatic rings. The molecule has 5 heteroatoms. The minimum Gasteiger partial charge on any atom is -0.478 e. The number of ether oxygens (including phenoxy) is 1. The molecular formula is C13H16FNO3. The molecule has 1 heterocycles. The zero-order chi connectivity index (χ0) is 13.1. The zero-order valence-electron chi connectivity index (χ0n) is 10.1. The minimum absolute atomic E-state index is 0.0255. The molecule has 0 aliphatic carbocycles. The molecule has 1 aromatic carbocycles. The molecule has 1 saturated heterocycles. The van der Waals surface area contributed by atoms with E-state index in [4.69, 9.17) is 9.84 Å². The second-order valence-corrected chi connectivity index (χ2v) is 4.52. The third-order valence-electron chi connectivity index (χ3n) is 3.29. The van der Waals surface area contributed by atoms with E-state index in [0.717, 1.165) is 6.42 Å². The van der Waals surface area contributed by atoms with Crippen molar-refractivity contribution in [2.24, 2.45) is 5.92 Å². The number of carbonyl (C=O) groups is 1. The summed E-state index contributed by atoms with van der Waals surface area (Å²) in [6.45, 7) is 3.25. The molecule has 2 unspecified atom stereocenters. The maximum Gasteiger partial charge on any atom is 0.337 e. The van der Waals surface area contributed by atoms with Gasteiger partial charge in [0.1, 0.15) is 5.82 Å². The van der Waals surface area contributed by atoms with Gasteiger partial charge in [0.05, 0.1) is 17.9 Å². The highest BCUT2D eigenvalue weighted by molar-refractivity contribution is 5.94. The summed E-state index contributed by atoms with van der Waals surface area (Å²) in [5, 5.41) is 12.0. The van der Waals surface area contributed by atoms with E-state index in [1.165, 1.54) is 18.2 Å². The Hall–Kier alpha value is -1.62. The van der Waals surface area contributed by atoms with Crippen LogP contribution < -0.4 is 5.32 Å². The molecule has 2 N–H and O–H groups in total. The Morgan fingerprint density at radius 1 is 1.61 bits per heavy atom. The normalized spacial score (nSPS) is 20.7. The first-order valence-electron chi connectivity index (χ1n) is 5.95. The summed E-state index contributed by atoms with van der Waals surface area (Å²) in [5.41, 5.74) is 0.0187. The number of hydrogen-bond donors (Lipinski definition) is 2. The Morgan fingerprint density at radius 2 is 2.39 bits per heavy atom. The van der Waals surface area contributed by atoms with Crippen LogP contribution in [0.3, 0.4) is 0 Å². The maximum absolute atomic E-state index is 13.7. The summed E-state index contributed by atoms with van der Waals surface area (Å²) in [7, 11) is 0. The average molecular weight is 253 g/mol. The third-order valence-corrected chi connectivity index (χ3v) is 3.29. The van der Waals surface area contributed by atoms with Crippen LogP contribution in [0.15, 0.2) is 18.2 Å². The van der Waals surface area contributed by atoms with Gasteiger partial charge in [-0.25, -0.2) is 9.18 Å². The highest BCUT2D eigenvalue weighted by atomic mass is 19.1. The van der Waals surface area contributed by atoms with Crippen molar-refractivity contribution in [2.75, 3.05) is 18.5 Å². The van der Waals surface area contributed by atoms with Gasteiger partial charge in [0, 0.05) is 18.6 Å². The summed E-state index contributed by atoms with van der Waals surface area (Å²) in [4.78, 5) is 11.0. The summed E-state index contributed by atoms with van der Waals surface area (Å²) in [6, 6.07) is 4.02. The van der Waals surface area contributed by atoms with Crippen LogP contribution in [-0.4, -0.2) is 30.3 Å². The van der Waals surface area contributed by atoms with Crippen LogP contribution >= 0.6 is 0 Å². The molecule has 1 aliphatic rings. The molecule has 2 atom stereocenters. The van der Waals surface area contributed by atoms with Gasteiger partial charge in [0.25, 0.3) is 0 Å². The van der Waals surface area contributed by atoms with Crippen molar-refractivity contribution < 1.29 is 19.0 Å². The second-order valence-electron chi connectivity index (χ2n) is 4.52. The Kier molecular flexibility index (Phi) is 3.81. The summed E-state index contributed by atoms with van der Waals surface area (Å²) in [5.74, 6) is -1.39. The van der Waals surface area contributed by atoms with E-state index < -0.39 is 11.8 Å². The first-order valence-corrected chi connectivity index (χ1v) is 5.95. The van der Waals surface area contributed by atoms with Crippen molar-refractivity contribution in [3.05, 3.63) is 29.6 Å². The molecular weight excluding hydrogens is 237 g/mol. The van der Waals surface area contributed by atoms with E-state index >= 15 is 0 Å². The van der Waals surface area contributed by atoms with Crippen LogP contribution in [0, 0.1) is 11.7 Å². The lowest BCUT2D eigenvalue weighted by atomic mass is 10.00. The van der Waals surface area contributed by atoms with E-state index in [2.05, 4.69) is 5.32 Å². The average Bonchev–Trinajstić information content (AvgIpc) is 2.85. The lowest BCUT2D eigenvalue weighted by Gasteiger charge is -2.21. The largest absolute Gasteiger partial charge is 0.478 e. The molecule has 0 spiro atoms. The smallest absolute Gasteiger partial charge is 0.337 e. The van der Waals surface area contributed by atoms with Crippen molar-refractivity contribution in [2.45, 2.75) is 19.4 Å². The highest BCUT2D eigenvalue weighted by Gasteiger charge is 2.24. The number of rotatable bonds is 4. The van der Waals surface area contributed by atoms with Crippen LogP contribution in [0.25, 0.3) is 0 Å². The van der Waals surface area contributed by atoms with Gasteiger partial charge >= 0.3 is 5.97 Å². The predicted octanol–water partition coefficient (Wildman–Crippen LogP) is 2.36. The van der Waals surface area contributed by atoms with Gasteiger partial charge in [0.2, 0.25) is 0 Å². The van der Waals surface area contributed by atoms with Crippen LogP contribution in [0.5, 0.6) is 0 Å². The SMILES string of the molecule is CC(Nc1c(F)cccc1C(=O)O)C1CCOC1. The van der Waals surface area contributed by atoms with Crippen LogP contribution in [0.4, 0.5) is 10.1 Å². The monoisotopic (exact) mass is 253 g/mol. The second kappa shape index (κ2) is 5.35. The predicted molar refractivity (Wildman–Crippen MR) is 65.4 cm³/mol. The molecule has 1 aliphatic heterocycles. The fraction of sp³-hybridized carbons (Fsp3) is 0.462. The Labute approximate surface area is 105 Å². The quantitative estimate of drug-likeness (QED) is 0.864. The number of benzene rings is 1. The van der Waals surface area contributed by atoms with Gasteiger partial charge in [-0.1, -0.05) is 6.07 Å². The van der Waals surface area contributed by atoms with Gasteiger partial charge < -0.3 is 15.2 Å². The van der Waals surface area contributed by atoms with Gasteiger partial charge in [0.15, 0.2) is 0 Å². The van der Waals surface area contributed by atoms with E-state index in [9.17, 15) is 9.18 Å². The van der Waals surface area contributed by atoms with Gasteiger partial charge in [-0.15, -0.1) is 0 Å². The third kappa shape index (κ3) is 2.61. The van der Waals surface area contributed by atoms with Crippen molar-refractivity contribution in [3.8, 4) is 0 Å². The van der Waals surface area contributed by atoms with Crippen LogP contribution in [0.1, 0.15) is 23.7 Å². The summed E-state index contributed by atoms with van der Waals surface area (Å²) < 4.78 is 19.0. The molecule has 18 heavy (non-hydrogen) atoms. The van der Waals surface area contributed by atoms with Crippen molar-refractivity contribution in [3.63, 3.8) is 0 Å².